The highest BCUT2D eigenvalue weighted by atomic mass is 32.2. The Morgan fingerprint density at radius 3 is 1.96 bits per heavy atom. The zero-order valence-electron chi connectivity index (χ0n) is 14.3. The van der Waals surface area contributed by atoms with Crippen LogP contribution in [0.25, 0.3) is 0 Å². The maximum Gasteiger partial charge on any atom is 0.321 e. The molecule has 0 fully saturated rings. The summed E-state index contributed by atoms with van der Waals surface area (Å²) in [6.07, 6.45) is 0.468. The van der Waals surface area contributed by atoms with Crippen LogP contribution in [0.1, 0.15) is 19.4 Å². The Balaban J connectivity index is 3.33. The minimum Gasteiger partial charge on any atom is -0.480 e. The van der Waals surface area contributed by atoms with Gasteiger partial charge in [-0.15, -0.1) is 0 Å². The van der Waals surface area contributed by atoms with Crippen molar-refractivity contribution in [3.63, 3.8) is 0 Å². The fraction of sp³-hybridized carbons (Fsp3) is 0.533. The van der Waals surface area contributed by atoms with Crippen molar-refractivity contribution in [1.29, 1.82) is 0 Å². The van der Waals surface area contributed by atoms with E-state index in [9.17, 15) is 9.90 Å². The van der Waals surface area contributed by atoms with Gasteiger partial charge in [0, 0.05) is 50.8 Å². The van der Waals surface area contributed by atoms with Gasteiger partial charge < -0.3 is 23.4 Å². The number of benzene rings is 1. The maximum absolute atomic E-state index is 11.3. The maximum atomic E-state index is 11.3. The molecule has 0 heterocycles. The fourth-order valence-corrected chi connectivity index (χ4v) is 4.16. The molecule has 9 heteroatoms. The lowest BCUT2D eigenvalue weighted by molar-refractivity contribution is -0.141. The highest BCUT2D eigenvalue weighted by Crippen LogP contribution is 2.40. The molecule has 136 valence electrons. The van der Waals surface area contributed by atoms with Gasteiger partial charge in [-0.05, 0) is 29.5 Å². The van der Waals surface area contributed by atoms with Crippen LogP contribution in [0, 0.1) is 5.41 Å². The van der Waals surface area contributed by atoms with Gasteiger partial charge in [0.2, 0.25) is 0 Å². The molecule has 3 N–H and O–H groups in total. The van der Waals surface area contributed by atoms with E-state index in [0.717, 1.165) is 20.2 Å². The highest BCUT2D eigenvalue weighted by Gasteiger charge is 2.34. The Bertz CT molecular complexity index is 541. The Morgan fingerprint density at radius 2 is 1.58 bits per heavy atom. The van der Waals surface area contributed by atoms with Gasteiger partial charge in [0.15, 0.2) is 0 Å². The average molecular weight is 394 g/mol. The normalized spacial score (nSPS) is 13.1. The van der Waals surface area contributed by atoms with Gasteiger partial charge in [0.1, 0.15) is 6.04 Å². The molecule has 0 saturated heterocycles. The van der Waals surface area contributed by atoms with E-state index in [1.165, 1.54) is 36.1 Å². The summed E-state index contributed by atoms with van der Waals surface area (Å²) in [6.45, 7) is 3.68. The molecule has 24 heavy (non-hydrogen) atoms. The van der Waals surface area contributed by atoms with E-state index in [4.69, 9.17) is 18.3 Å². The van der Waals surface area contributed by atoms with Gasteiger partial charge in [-0.25, -0.2) is 0 Å². The minimum atomic E-state index is -1.02. The van der Waals surface area contributed by atoms with Gasteiger partial charge in [0.05, 0.1) is 21.3 Å². The van der Waals surface area contributed by atoms with Crippen LogP contribution in [-0.2, 0) is 23.8 Å². The Labute approximate surface area is 155 Å². The van der Waals surface area contributed by atoms with Crippen molar-refractivity contribution in [3.8, 4) is 0 Å². The summed E-state index contributed by atoms with van der Waals surface area (Å²) >= 11 is 3.67. The zero-order chi connectivity index (χ0) is 18.3. The number of carboxylic acids is 1. The second-order valence-corrected chi connectivity index (χ2v) is 8.48. The van der Waals surface area contributed by atoms with Crippen LogP contribution in [0.5, 0.6) is 0 Å². The molecule has 1 aromatic rings. The number of nitrogens with two attached hydrogens (primary N) is 1. The first-order chi connectivity index (χ1) is 11.3. The molecule has 0 aromatic heterocycles. The number of hydrogen-bond acceptors (Lipinski definition) is 8. The number of rotatable bonds is 10. The lowest BCUT2D eigenvalue weighted by atomic mass is 9.79. The molecule has 0 bridgehead atoms. The van der Waals surface area contributed by atoms with E-state index in [2.05, 4.69) is 0 Å². The van der Waals surface area contributed by atoms with Crippen LogP contribution in [0.3, 0.4) is 0 Å². The smallest absolute Gasteiger partial charge is 0.321 e. The third-order valence-corrected chi connectivity index (χ3v) is 5.42. The summed E-state index contributed by atoms with van der Waals surface area (Å²) in [6, 6.07) is 2.91. The number of aliphatic carboxylic acids is 1. The number of hydrogen-bond donors (Lipinski definition) is 2. The van der Waals surface area contributed by atoms with Crippen LogP contribution in [-0.4, -0.2) is 38.4 Å². The van der Waals surface area contributed by atoms with Crippen molar-refractivity contribution < 1.29 is 22.5 Å². The molecular formula is C15H23NO5S3. The standard InChI is InChI=1S/C15H23NO5S3/c1-15(2,13(16)14(17)18)8-10-11(23-20-4)6-9(22-19-3)7-12(10)24-21-5/h6-7,13H,8,16H2,1-5H3,(H,17,18)/t13-/m0/s1. The Morgan fingerprint density at radius 1 is 1.12 bits per heavy atom. The van der Waals surface area contributed by atoms with Crippen LogP contribution in [0.15, 0.2) is 26.8 Å². The van der Waals surface area contributed by atoms with Gasteiger partial charge in [0.25, 0.3) is 0 Å². The molecule has 0 aliphatic carbocycles. The van der Waals surface area contributed by atoms with Gasteiger partial charge in [-0.2, -0.15) is 0 Å². The minimum absolute atomic E-state index is 0.468. The first kappa shape index (κ1) is 21.6. The monoisotopic (exact) mass is 393 g/mol. The molecule has 0 spiro atoms. The van der Waals surface area contributed by atoms with Crippen molar-refractivity contribution >= 4 is 42.1 Å². The van der Waals surface area contributed by atoms with Crippen LogP contribution in [0.4, 0.5) is 0 Å². The Hall–Kier alpha value is -0.420. The number of carbonyl (C=O) groups is 1. The lowest BCUT2D eigenvalue weighted by Crippen LogP contribution is -2.45. The quantitative estimate of drug-likeness (QED) is 0.578. The molecule has 0 unspecified atom stereocenters. The van der Waals surface area contributed by atoms with Gasteiger partial charge >= 0.3 is 5.97 Å². The van der Waals surface area contributed by atoms with E-state index in [0.29, 0.717) is 6.42 Å². The second-order valence-electron chi connectivity index (χ2n) is 5.63. The SMILES string of the molecule is COSc1cc(SOC)c(CC(C)(C)[C@@H](N)C(=O)O)c(SOC)c1. The lowest BCUT2D eigenvalue weighted by Gasteiger charge is -2.30. The Kier molecular flexibility index (Phi) is 8.93. The summed E-state index contributed by atoms with van der Waals surface area (Å²) in [5, 5.41) is 9.25. The highest BCUT2D eigenvalue weighted by molar-refractivity contribution is 7.96. The molecule has 1 aromatic carbocycles. The van der Waals surface area contributed by atoms with Crippen molar-refractivity contribution in [2.45, 2.75) is 41.0 Å². The summed E-state index contributed by atoms with van der Waals surface area (Å²) in [5.41, 5.74) is 6.16. The van der Waals surface area contributed by atoms with E-state index in [1.54, 1.807) is 21.3 Å². The van der Waals surface area contributed by atoms with E-state index in [-0.39, 0.29) is 0 Å². The zero-order valence-corrected chi connectivity index (χ0v) is 16.8. The van der Waals surface area contributed by atoms with Crippen molar-refractivity contribution in [3.05, 3.63) is 17.7 Å². The van der Waals surface area contributed by atoms with Gasteiger partial charge in [-0.1, -0.05) is 13.8 Å². The molecular weight excluding hydrogens is 370 g/mol. The third kappa shape index (κ3) is 5.83. The predicted molar refractivity (Wildman–Crippen MR) is 98.1 cm³/mol. The molecule has 1 atom stereocenters. The first-order valence-corrected chi connectivity index (χ1v) is 9.26. The van der Waals surface area contributed by atoms with Gasteiger partial charge in [-0.3, -0.25) is 4.79 Å². The molecule has 0 saturated carbocycles. The van der Waals surface area contributed by atoms with Crippen molar-refractivity contribution in [1.82, 2.24) is 0 Å². The first-order valence-electron chi connectivity index (χ1n) is 7.04. The van der Waals surface area contributed by atoms with E-state index < -0.39 is 17.4 Å². The average Bonchev–Trinajstić information content (AvgIpc) is 2.50. The van der Waals surface area contributed by atoms with Crippen molar-refractivity contribution in [2.24, 2.45) is 11.1 Å². The predicted octanol–water partition coefficient (Wildman–Crippen LogP) is 3.63. The molecule has 6 nitrogen and oxygen atoms in total. The van der Waals surface area contributed by atoms with E-state index in [1.807, 2.05) is 26.0 Å². The molecule has 0 aliphatic rings. The second kappa shape index (κ2) is 9.91. The molecule has 0 radical (unpaired) electrons. The van der Waals surface area contributed by atoms with E-state index >= 15 is 0 Å². The summed E-state index contributed by atoms with van der Waals surface area (Å²) in [7, 11) is 4.77. The van der Waals surface area contributed by atoms with Crippen LogP contribution >= 0.6 is 36.1 Å². The van der Waals surface area contributed by atoms with Crippen LogP contribution in [0.2, 0.25) is 0 Å². The third-order valence-electron chi connectivity index (χ3n) is 3.41. The summed E-state index contributed by atoms with van der Waals surface area (Å²) in [4.78, 5) is 14.0. The fourth-order valence-electron chi connectivity index (χ4n) is 2.14. The van der Waals surface area contributed by atoms with Crippen molar-refractivity contribution in [2.75, 3.05) is 21.3 Å². The molecule has 1 rings (SSSR count). The molecule has 0 amide bonds. The number of carboxylic acid groups (broad SMARTS) is 1. The topological polar surface area (TPSA) is 91.0 Å². The largest absolute Gasteiger partial charge is 0.480 e. The molecule has 0 aliphatic heterocycles. The summed E-state index contributed by atoms with van der Waals surface area (Å²) < 4.78 is 15.6. The summed E-state index contributed by atoms with van der Waals surface area (Å²) in [5.74, 6) is -1.02. The van der Waals surface area contributed by atoms with Crippen LogP contribution < -0.4 is 5.73 Å².